The number of carbonyl (C=O) groups excluding carboxylic acids is 1. The lowest BCUT2D eigenvalue weighted by Gasteiger charge is -2.15. The van der Waals surface area contributed by atoms with Crippen molar-refractivity contribution in [3.8, 4) is 17.2 Å². The first-order valence-corrected chi connectivity index (χ1v) is 7.59. The highest BCUT2D eigenvalue weighted by Crippen LogP contribution is 2.21. The van der Waals surface area contributed by atoms with E-state index in [9.17, 15) is 4.79 Å². The normalized spacial score (nSPS) is 11.8. The molecule has 1 atom stereocenters. The van der Waals surface area contributed by atoms with Crippen LogP contribution in [0.15, 0.2) is 59.3 Å². The number of carbonyl (C=O) groups is 1. The number of aromatic nitrogens is 2. The quantitative estimate of drug-likeness (QED) is 0.762. The Morgan fingerprint density at radius 1 is 1.25 bits per heavy atom. The molecule has 122 valence electrons. The molecular formula is C17H14ClN3O3. The second-order valence-corrected chi connectivity index (χ2v) is 5.46. The summed E-state index contributed by atoms with van der Waals surface area (Å²) in [5.41, 5.74) is 1.39. The molecule has 0 aliphatic rings. The number of rotatable bonds is 5. The van der Waals surface area contributed by atoms with Gasteiger partial charge in [-0.15, -0.1) is 10.2 Å². The van der Waals surface area contributed by atoms with Gasteiger partial charge in [0.05, 0.1) is 0 Å². The van der Waals surface area contributed by atoms with Crippen LogP contribution < -0.4 is 10.1 Å². The van der Waals surface area contributed by atoms with Gasteiger partial charge in [0.1, 0.15) is 5.75 Å². The van der Waals surface area contributed by atoms with Gasteiger partial charge < -0.3 is 14.5 Å². The Morgan fingerprint density at radius 2 is 2.04 bits per heavy atom. The molecule has 0 aliphatic carbocycles. The predicted molar refractivity (Wildman–Crippen MR) is 89.9 cm³/mol. The lowest BCUT2D eigenvalue weighted by atomic mass is 10.2. The van der Waals surface area contributed by atoms with E-state index in [1.165, 1.54) is 6.39 Å². The van der Waals surface area contributed by atoms with Crippen molar-refractivity contribution >= 4 is 23.2 Å². The van der Waals surface area contributed by atoms with Crippen molar-refractivity contribution in [2.24, 2.45) is 0 Å². The molecule has 0 fully saturated rings. The largest absolute Gasteiger partial charge is 0.481 e. The van der Waals surface area contributed by atoms with E-state index in [2.05, 4.69) is 15.5 Å². The van der Waals surface area contributed by atoms with Gasteiger partial charge in [-0.3, -0.25) is 4.79 Å². The molecule has 3 aromatic rings. The van der Waals surface area contributed by atoms with Crippen molar-refractivity contribution in [1.82, 2.24) is 10.2 Å². The molecule has 2 aromatic carbocycles. The lowest BCUT2D eigenvalue weighted by molar-refractivity contribution is -0.122. The predicted octanol–water partition coefficient (Wildman–Crippen LogP) is 3.80. The van der Waals surface area contributed by atoms with Crippen molar-refractivity contribution in [2.45, 2.75) is 13.0 Å². The highest BCUT2D eigenvalue weighted by molar-refractivity contribution is 6.30. The van der Waals surface area contributed by atoms with Crippen LogP contribution in [0.1, 0.15) is 6.92 Å². The maximum absolute atomic E-state index is 12.2. The second-order valence-electron chi connectivity index (χ2n) is 5.03. The number of hydrogen-bond acceptors (Lipinski definition) is 5. The molecule has 1 amide bonds. The molecule has 0 saturated heterocycles. The third kappa shape index (κ3) is 3.91. The minimum atomic E-state index is -0.668. The zero-order valence-electron chi connectivity index (χ0n) is 12.8. The number of amides is 1. The van der Waals surface area contributed by atoms with E-state index in [-0.39, 0.29) is 5.91 Å². The van der Waals surface area contributed by atoms with Crippen molar-refractivity contribution in [3.63, 3.8) is 0 Å². The van der Waals surface area contributed by atoms with Crippen LogP contribution in [-0.4, -0.2) is 22.2 Å². The highest BCUT2D eigenvalue weighted by Gasteiger charge is 2.15. The van der Waals surface area contributed by atoms with Crippen molar-refractivity contribution < 1.29 is 13.9 Å². The number of anilines is 1. The maximum Gasteiger partial charge on any atom is 0.265 e. The third-order valence-corrected chi connectivity index (χ3v) is 3.47. The van der Waals surface area contributed by atoms with Gasteiger partial charge in [0.15, 0.2) is 6.10 Å². The topological polar surface area (TPSA) is 77.2 Å². The van der Waals surface area contributed by atoms with E-state index in [0.29, 0.717) is 22.4 Å². The summed E-state index contributed by atoms with van der Waals surface area (Å²) in [5, 5.41) is 10.8. The van der Waals surface area contributed by atoms with Gasteiger partial charge in [0, 0.05) is 16.3 Å². The van der Waals surface area contributed by atoms with Crippen molar-refractivity contribution in [1.29, 1.82) is 0 Å². The van der Waals surface area contributed by atoms with Crippen molar-refractivity contribution in [3.05, 3.63) is 59.9 Å². The molecular weight excluding hydrogens is 330 g/mol. The number of halogens is 1. The van der Waals surface area contributed by atoms with Crippen LogP contribution in [0.5, 0.6) is 5.75 Å². The number of nitrogens with one attached hydrogen (secondary N) is 1. The Morgan fingerprint density at radius 3 is 2.71 bits per heavy atom. The molecule has 7 heteroatoms. The molecule has 6 nitrogen and oxygen atoms in total. The Hall–Kier alpha value is -2.86. The zero-order valence-corrected chi connectivity index (χ0v) is 13.5. The molecule has 0 aliphatic heterocycles. The first-order valence-electron chi connectivity index (χ1n) is 7.21. The molecule has 0 spiro atoms. The zero-order chi connectivity index (χ0) is 16.9. The number of hydrogen-bond donors (Lipinski definition) is 1. The fourth-order valence-electron chi connectivity index (χ4n) is 2.04. The molecule has 3 rings (SSSR count). The molecule has 0 radical (unpaired) electrons. The average Bonchev–Trinajstić information content (AvgIpc) is 3.10. The van der Waals surface area contributed by atoms with Gasteiger partial charge in [-0.1, -0.05) is 17.7 Å². The van der Waals surface area contributed by atoms with E-state index in [1.807, 2.05) is 0 Å². The van der Waals surface area contributed by atoms with E-state index in [1.54, 1.807) is 55.5 Å². The van der Waals surface area contributed by atoms with Crippen LogP contribution in [0.4, 0.5) is 5.69 Å². The SMILES string of the molecule is C[C@H](Oc1ccc(-c2nnco2)cc1)C(=O)Nc1cccc(Cl)c1. The molecule has 0 saturated carbocycles. The molecule has 0 unspecified atom stereocenters. The van der Waals surface area contributed by atoms with Gasteiger partial charge in [-0.05, 0) is 49.4 Å². The molecule has 1 N–H and O–H groups in total. The fourth-order valence-corrected chi connectivity index (χ4v) is 2.23. The minimum Gasteiger partial charge on any atom is -0.481 e. The third-order valence-electron chi connectivity index (χ3n) is 3.24. The summed E-state index contributed by atoms with van der Waals surface area (Å²) in [7, 11) is 0. The molecule has 0 bridgehead atoms. The highest BCUT2D eigenvalue weighted by atomic mass is 35.5. The number of ether oxygens (including phenoxy) is 1. The van der Waals surface area contributed by atoms with Crippen LogP contribution in [0.2, 0.25) is 5.02 Å². The Balaban J connectivity index is 1.61. The smallest absolute Gasteiger partial charge is 0.265 e. The summed E-state index contributed by atoms with van der Waals surface area (Å²) < 4.78 is 10.8. The van der Waals surface area contributed by atoms with Crippen LogP contribution in [0, 0.1) is 0 Å². The monoisotopic (exact) mass is 343 g/mol. The summed E-state index contributed by atoms with van der Waals surface area (Å²) in [6.45, 7) is 1.67. The van der Waals surface area contributed by atoms with Gasteiger partial charge in [0.25, 0.3) is 5.91 Å². The minimum absolute atomic E-state index is 0.266. The Kier molecular flexibility index (Phi) is 4.77. The summed E-state index contributed by atoms with van der Waals surface area (Å²) in [4.78, 5) is 12.2. The summed E-state index contributed by atoms with van der Waals surface area (Å²) >= 11 is 5.89. The first-order chi connectivity index (χ1) is 11.6. The standard InChI is InChI=1S/C17H14ClN3O3/c1-11(16(22)20-14-4-2-3-13(18)9-14)24-15-7-5-12(6-8-15)17-21-19-10-23-17/h2-11H,1H3,(H,20,22)/t11-/m0/s1. The van der Waals surface area contributed by atoms with Gasteiger partial charge in [-0.25, -0.2) is 0 Å². The second kappa shape index (κ2) is 7.14. The van der Waals surface area contributed by atoms with E-state index >= 15 is 0 Å². The van der Waals surface area contributed by atoms with Crippen molar-refractivity contribution in [2.75, 3.05) is 5.32 Å². The molecule has 24 heavy (non-hydrogen) atoms. The Bertz CT molecular complexity index is 819. The lowest BCUT2D eigenvalue weighted by Crippen LogP contribution is -2.30. The molecule has 1 heterocycles. The van der Waals surface area contributed by atoms with Crippen LogP contribution >= 0.6 is 11.6 Å². The summed E-state index contributed by atoms with van der Waals surface area (Å²) in [5.74, 6) is 0.721. The Labute approximate surface area is 143 Å². The van der Waals surface area contributed by atoms with E-state index < -0.39 is 6.10 Å². The van der Waals surface area contributed by atoms with Gasteiger partial charge >= 0.3 is 0 Å². The summed E-state index contributed by atoms with van der Waals surface area (Å²) in [6.07, 6.45) is 0.598. The molecule has 1 aromatic heterocycles. The van der Waals surface area contributed by atoms with Crippen LogP contribution in [0.25, 0.3) is 11.5 Å². The fraction of sp³-hybridized carbons (Fsp3) is 0.118. The average molecular weight is 344 g/mol. The van der Waals surface area contributed by atoms with Gasteiger partial charge in [-0.2, -0.15) is 0 Å². The van der Waals surface area contributed by atoms with E-state index in [0.717, 1.165) is 5.56 Å². The number of nitrogens with zero attached hydrogens (tertiary/aromatic N) is 2. The van der Waals surface area contributed by atoms with Crippen LogP contribution in [-0.2, 0) is 4.79 Å². The number of benzene rings is 2. The summed E-state index contributed by atoms with van der Waals surface area (Å²) in [6, 6.07) is 14.0. The first kappa shape index (κ1) is 16.0. The van der Waals surface area contributed by atoms with E-state index in [4.69, 9.17) is 20.8 Å². The van der Waals surface area contributed by atoms with Crippen LogP contribution in [0.3, 0.4) is 0 Å². The maximum atomic E-state index is 12.2. The van der Waals surface area contributed by atoms with Gasteiger partial charge in [0.2, 0.25) is 12.3 Å².